The molecule has 0 saturated carbocycles. The Morgan fingerprint density at radius 1 is 1.27 bits per heavy atom. The molecule has 0 fully saturated rings. The summed E-state index contributed by atoms with van der Waals surface area (Å²) in [6.07, 6.45) is 4.74. The summed E-state index contributed by atoms with van der Waals surface area (Å²) < 4.78 is 15.8. The predicted octanol–water partition coefficient (Wildman–Crippen LogP) is 3.48. The van der Waals surface area contributed by atoms with Crippen LogP contribution < -0.4 is 19.5 Å². The van der Waals surface area contributed by atoms with E-state index < -0.39 is 0 Å². The second-order valence-corrected chi connectivity index (χ2v) is 5.63. The van der Waals surface area contributed by atoms with Crippen LogP contribution >= 0.6 is 11.6 Å². The van der Waals surface area contributed by atoms with Gasteiger partial charge in [0.2, 0.25) is 11.8 Å². The van der Waals surface area contributed by atoms with E-state index in [1.54, 1.807) is 37.6 Å². The third-order valence-corrected chi connectivity index (χ3v) is 3.72. The van der Waals surface area contributed by atoms with Crippen LogP contribution in [0.1, 0.15) is 18.1 Å². The molecule has 0 aliphatic carbocycles. The van der Waals surface area contributed by atoms with Crippen LogP contribution in [0.15, 0.2) is 36.5 Å². The SMILES string of the molecule is CCOc1c(Cl)cc(/C=C/C(=O)NCc2ccc(OC)nc2)cc1OC. The van der Waals surface area contributed by atoms with E-state index in [4.69, 9.17) is 25.8 Å². The Kier molecular flexibility index (Phi) is 7.29. The zero-order chi connectivity index (χ0) is 18.9. The summed E-state index contributed by atoms with van der Waals surface area (Å²) in [5, 5.41) is 3.21. The van der Waals surface area contributed by atoms with E-state index in [1.807, 2.05) is 13.0 Å². The van der Waals surface area contributed by atoms with Gasteiger partial charge in [0.15, 0.2) is 11.5 Å². The van der Waals surface area contributed by atoms with Crippen molar-refractivity contribution in [3.8, 4) is 17.4 Å². The van der Waals surface area contributed by atoms with Gasteiger partial charge in [0, 0.05) is 24.9 Å². The fourth-order valence-corrected chi connectivity index (χ4v) is 2.45. The molecule has 1 aromatic heterocycles. The van der Waals surface area contributed by atoms with Crippen molar-refractivity contribution in [1.29, 1.82) is 0 Å². The zero-order valence-electron chi connectivity index (χ0n) is 14.9. The minimum Gasteiger partial charge on any atom is -0.493 e. The average molecular weight is 377 g/mol. The summed E-state index contributed by atoms with van der Waals surface area (Å²) >= 11 is 6.22. The lowest BCUT2D eigenvalue weighted by atomic mass is 10.2. The maximum atomic E-state index is 12.0. The van der Waals surface area contributed by atoms with Gasteiger partial charge in [-0.3, -0.25) is 4.79 Å². The number of methoxy groups -OCH3 is 2. The summed E-state index contributed by atoms with van der Waals surface area (Å²) in [4.78, 5) is 16.1. The summed E-state index contributed by atoms with van der Waals surface area (Å²) in [5.41, 5.74) is 1.61. The van der Waals surface area contributed by atoms with E-state index in [-0.39, 0.29) is 5.91 Å². The largest absolute Gasteiger partial charge is 0.493 e. The molecule has 0 atom stereocenters. The quantitative estimate of drug-likeness (QED) is 0.714. The number of benzene rings is 1. The first-order valence-electron chi connectivity index (χ1n) is 8.02. The lowest BCUT2D eigenvalue weighted by molar-refractivity contribution is -0.116. The number of hydrogen-bond acceptors (Lipinski definition) is 5. The topological polar surface area (TPSA) is 69.7 Å². The molecule has 1 aromatic carbocycles. The molecule has 0 aliphatic heterocycles. The summed E-state index contributed by atoms with van der Waals surface area (Å²) in [6, 6.07) is 7.05. The van der Waals surface area contributed by atoms with Crippen LogP contribution in [0.4, 0.5) is 0 Å². The third kappa shape index (κ3) is 5.39. The lowest BCUT2D eigenvalue weighted by Gasteiger charge is -2.11. The molecular formula is C19H21ClN2O4. The zero-order valence-corrected chi connectivity index (χ0v) is 15.7. The van der Waals surface area contributed by atoms with Crippen molar-refractivity contribution >= 4 is 23.6 Å². The van der Waals surface area contributed by atoms with Gasteiger partial charge >= 0.3 is 0 Å². The molecule has 0 saturated heterocycles. The number of halogens is 1. The molecule has 1 N–H and O–H groups in total. The van der Waals surface area contributed by atoms with Crippen LogP contribution in [0.5, 0.6) is 17.4 Å². The number of rotatable bonds is 8. The maximum absolute atomic E-state index is 12.0. The number of aromatic nitrogens is 1. The van der Waals surface area contributed by atoms with Gasteiger partial charge in [-0.15, -0.1) is 0 Å². The highest BCUT2D eigenvalue weighted by molar-refractivity contribution is 6.32. The summed E-state index contributed by atoms with van der Waals surface area (Å²) in [6.45, 7) is 2.72. The Morgan fingerprint density at radius 2 is 2.08 bits per heavy atom. The predicted molar refractivity (Wildman–Crippen MR) is 101 cm³/mol. The number of carbonyl (C=O) groups is 1. The normalized spacial score (nSPS) is 10.6. The van der Waals surface area contributed by atoms with Crippen molar-refractivity contribution in [3.63, 3.8) is 0 Å². The van der Waals surface area contributed by atoms with E-state index >= 15 is 0 Å². The smallest absolute Gasteiger partial charge is 0.244 e. The number of nitrogens with one attached hydrogen (secondary N) is 1. The van der Waals surface area contributed by atoms with Crippen LogP contribution in [0.3, 0.4) is 0 Å². The first kappa shape index (κ1) is 19.6. The van der Waals surface area contributed by atoms with Crippen LogP contribution in [0, 0.1) is 0 Å². The highest BCUT2D eigenvalue weighted by atomic mass is 35.5. The van der Waals surface area contributed by atoms with Gasteiger partial charge in [0.1, 0.15) is 0 Å². The van der Waals surface area contributed by atoms with Crippen molar-refractivity contribution < 1.29 is 19.0 Å². The standard InChI is InChI=1S/C19H21ClN2O4/c1-4-26-19-15(20)9-13(10-16(19)24-2)5-7-17(23)21-11-14-6-8-18(25-3)22-12-14/h5-10,12H,4,11H2,1-3H3,(H,21,23)/b7-5+. The van der Waals surface area contributed by atoms with E-state index in [2.05, 4.69) is 10.3 Å². The highest BCUT2D eigenvalue weighted by Gasteiger charge is 2.10. The van der Waals surface area contributed by atoms with Crippen molar-refractivity contribution in [1.82, 2.24) is 10.3 Å². The number of nitrogens with zero attached hydrogens (tertiary/aromatic N) is 1. The highest BCUT2D eigenvalue weighted by Crippen LogP contribution is 2.36. The fourth-order valence-electron chi connectivity index (χ4n) is 2.18. The lowest BCUT2D eigenvalue weighted by Crippen LogP contribution is -2.20. The van der Waals surface area contributed by atoms with Crippen molar-refractivity contribution in [2.24, 2.45) is 0 Å². The van der Waals surface area contributed by atoms with Crippen LogP contribution in [-0.2, 0) is 11.3 Å². The molecule has 2 aromatic rings. The van der Waals surface area contributed by atoms with E-state index in [9.17, 15) is 4.79 Å². The monoisotopic (exact) mass is 376 g/mol. The molecule has 0 unspecified atom stereocenters. The van der Waals surface area contributed by atoms with E-state index in [0.29, 0.717) is 35.6 Å². The second-order valence-electron chi connectivity index (χ2n) is 5.23. The van der Waals surface area contributed by atoms with Crippen LogP contribution in [-0.4, -0.2) is 31.7 Å². The molecule has 0 radical (unpaired) electrons. The molecule has 1 heterocycles. The number of amides is 1. The molecule has 7 heteroatoms. The maximum Gasteiger partial charge on any atom is 0.244 e. The molecule has 6 nitrogen and oxygen atoms in total. The molecule has 0 aliphatic rings. The Bertz CT molecular complexity index is 776. The number of carbonyl (C=O) groups excluding carboxylic acids is 1. The number of pyridine rings is 1. The molecule has 0 spiro atoms. The Balaban J connectivity index is 1.99. The van der Waals surface area contributed by atoms with Gasteiger partial charge in [0.05, 0.1) is 25.8 Å². The van der Waals surface area contributed by atoms with Crippen molar-refractivity contribution in [2.45, 2.75) is 13.5 Å². The Hall–Kier alpha value is -2.73. The van der Waals surface area contributed by atoms with Crippen molar-refractivity contribution in [2.75, 3.05) is 20.8 Å². The molecular weight excluding hydrogens is 356 g/mol. The third-order valence-electron chi connectivity index (χ3n) is 3.44. The number of hydrogen-bond donors (Lipinski definition) is 1. The average Bonchev–Trinajstić information content (AvgIpc) is 2.66. The molecule has 138 valence electrons. The van der Waals surface area contributed by atoms with Gasteiger partial charge in [0.25, 0.3) is 0 Å². The second kappa shape index (κ2) is 9.68. The first-order valence-corrected chi connectivity index (χ1v) is 8.40. The summed E-state index contributed by atoms with van der Waals surface area (Å²) in [5.74, 6) is 1.31. The Labute approximate surface area is 157 Å². The first-order chi connectivity index (χ1) is 12.6. The minimum absolute atomic E-state index is 0.232. The minimum atomic E-state index is -0.232. The Morgan fingerprint density at radius 3 is 2.69 bits per heavy atom. The molecule has 0 bridgehead atoms. The molecule has 2 rings (SSSR count). The van der Waals surface area contributed by atoms with Gasteiger partial charge in [-0.2, -0.15) is 0 Å². The van der Waals surface area contributed by atoms with E-state index in [0.717, 1.165) is 11.1 Å². The van der Waals surface area contributed by atoms with Crippen LogP contribution in [0.2, 0.25) is 5.02 Å². The van der Waals surface area contributed by atoms with Gasteiger partial charge in [-0.05, 0) is 36.3 Å². The van der Waals surface area contributed by atoms with E-state index in [1.165, 1.54) is 13.2 Å². The van der Waals surface area contributed by atoms with Gasteiger partial charge in [-0.1, -0.05) is 17.7 Å². The van der Waals surface area contributed by atoms with Gasteiger partial charge in [-0.25, -0.2) is 4.98 Å². The van der Waals surface area contributed by atoms with Crippen molar-refractivity contribution in [3.05, 3.63) is 52.7 Å². The van der Waals surface area contributed by atoms with Crippen LogP contribution in [0.25, 0.3) is 6.08 Å². The number of ether oxygens (including phenoxy) is 3. The molecule has 26 heavy (non-hydrogen) atoms. The fraction of sp³-hybridized carbons (Fsp3) is 0.263. The summed E-state index contributed by atoms with van der Waals surface area (Å²) in [7, 11) is 3.09. The molecule has 1 amide bonds. The van der Waals surface area contributed by atoms with Gasteiger partial charge < -0.3 is 19.5 Å².